The lowest BCUT2D eigenvalue weighted by Crippen LogP contribution is -2.40. The molecule has 0 fully saturated rings. The molecule has 0 radical (unpaired) electrons. The summed E-state index contributed by atoms with van der Waals surface area (Å²) in [6.07, 6.45) is -3.22. The summed E-state index contributed by atoms with van der Waals surface area (Å²) in [5, 5.41) is 0. The molecular weight excluding hydrogens is 370 g/mol. The highest BCUT2D eigenvalue weighted by atomic mass is 35.5. The molecule has 1 aromatic rings. The van der Waals surface area contributed by atoms with Crippen molar-refractivity contribution in [1.29, 1.82) is 0 Å². The Labute approximate surface area is 151 Å². The zero-order chi connectivity index (χ0) is 17.0. The van der Waals surface area contributed by atoms with E-state index in [2.05, 4.69) is 9.72 Å². The summed E-state index contributed by atoms with van der Waals surface area (Å²) in [5.74, 6) is -0.797. The Kier molecular flexibility index (Phi) is 10.3. The minimum absolute atomic E-state index is 0. The molecule has 0 atom stereocenters. The zero-order valence-corrected chi connectivity index (χ0v) is 15.2. The van der Waals surface area contributed by atoms with Gasteiger partial charge in [0.05, 0.1) is 0 Å². The van der Waals surface area contributed by atoms with E-state index in [-0.39, 0.29) is 41.7 Å². The Morgan fingerprint density at radius 1 is 1.33 bits per heavy atom. The summed E-state index contributed by atoms with van der Waals surface area (Å²) in [6.45, 7) is 3.01. The highest BCUT2D eigenvalue weighted by molar-refractivity contribution is 5.96. The quantitative estimate of drug-likeness (QED) is 0.809. The van der Waals surface area contributed by atoms with Crippen molar-refractivity contribution in [3.63, 3.8) is 0 Å². The summed E-state index contributed by atoms with van der Waals surface area (Å²) in [6, 6.07) is 2.85. The molecule has 140 valence electrons. The number of rotatable bonds is 6. The van der Waals surface area contributed by atoms with E-state index in [9.17, 15) is 18.0 Å². The van der Waals surface area contributed by atoms with Crippen molar-refractivity contribution in [3.05, 3.63) is 23.9 Å². The third-order valence-corrected chi connectivity index (χ3v) is 2.94. The second kappa shape index (κ2) is 9.90. The maximum absolute atomic E-state index is 12.4. The van der Waals surface area contributed by atoms with Crippen LogP contribution < -0.4 is 10.5 Å². The lowest BCUT2D eigenvalue weighted by molar-refractivity contribution is -0.154. The standard InChI is InChI=1S/C14H20F3N3O2.2ClH/c1-13(2,7-18)8-20(3)12(21)10-5-4-6-19-11(10)22-9-14(15,16)17;;/h4-6H,7-9,18H2,1-3H3;2*1H. The van der Waals surface area contributed by atoms with Crippen LogP contribution in [0, 0.1) is 5.41 Å². The number of hydrogen-bond acceptors (Lipinski definition) is 4. The molecule has 24 heavy (non-hydrogen) atoms. The average Bonchev–Trinajstić information content (AvgIpc) is 2.43. The predicted octanol–water partition coefficient (Wildman–Crippen LogP) is 2.92. The van der Waals surface area contributed by atoms with Gasteiger partial charge in [-0.15, -0.1) is 24.8 Å². The summed E-state index contributed by atoms with van der Waals surface area (Å²) >= 11 is 0. The Morgan fingerprint density at radius 3 is 2.42 bits per heavy atom. The van der Waals surface area contributed by atoms with Crippen molar-refractivity contribution in [2.75, 3.05) is 26.7 Å². The van der Waals surface area contributed by atoms with Crippen LogP contribution in [-0.2, 0) is 0 Å². The monoisotopic (exact) mass is 391 g/mol. The van der Waals surface area contributed by atoms with Gasteiger partial charge in [-0.25, -0.2) is 4.98 Å². The molecule has 1 amide bonds. The van der Waals surface area contributed by atoms with Gasteiger partial charge in [0.25, 0.3) is 5.91 Å². The highest BCUT2D eigenvalue weighted by Crippen LogP contribution is 2.22. The summed E-state index contributed by atoms with van der Waals surface area (Å²) in [7, 11) is 1.56. The van der Waals surface area contributed by atoms with Gasteiger partial charge in [0, 0.05) is 19.8 Å². The van der Waals surface area contributed by atoms with Gasteiger partial charge in [0.1, 0.15) is 5.56 Å². The van der Waals surface area contributed by atoms with E-state index in [1.165, 1.54) is 23.2 Å². The van der Waals surface area contributed by atoms with Crippen molar-refractivity contribution in [2.45, 2.75) is 20.0 Å². The van der Waals surface area contributed by atoms with Gasteiger partial charge < -0.3 is 15.4 Å². The molecule has 0 aliphatic carbocycles. The normalized spacial score (nSPS) is 11.1. The fraction of sp³-hybridized carbons (Fsp3) is 0.571. The fourth-order valence-corrected chi connectivity index (χ4v) is 1.80. The van der Waals surface area contributed by atoms with Gasteiger partial charge in [0.2, 0.25) is 5.88 Å². The number of ether oxygens (including phenoxy) is 1. The number of nitrogens with zero attached hydrogens (tertiary/aromatic N) is 2. The minimum atomic E-state index is -4.49. The van der Waals surface area contributed by atoms with E-state index in [1.54, 1.807) is 7.05 Å². The SMILES string of the molecule is CN(CC(C)(C)CN)C(=O)c1cccnc1OCC(F)(F)F.Cl.Cl. The molecule has 0 aliphatic rings. The number of hydrogen-bond donors (Lipinski definition) is 1. The summed E-state index contributed by atoms with van der Waals surface area (Å²) in [5.41, 5.74) is 5.30. The summed E-state index contributed by atoms with van der Waals surface area (Å²) in [4.78, 5) is 17.5. The molecule has 0 bridgehead atoms. The first-order valence-electron chi connectivity index (χ1n) is 6.66. The molecular formula is C14H22Cl2F3N3O2. The number of nitrogens with two attached hydrogens (primary N) is 1. The van der Waals surface area contributed by atoms with Crippen LogP contribution in [-0.4, -0.2) is 48.7 Å². The van der Waals surface area contributed by atoms with Gasteiger partial charge in [-0.05, 0) is 24.1 Å². The third-order valence-electron chi connectivity index (χ3n) is 2.94. The molecule has 5 nitrogen and oxygen atoms in total. The fourth-order valence-electron chi connectivity index (χ4n) is 1.80. The van der Waals surface area contributed by atoms with E-state index in [0.717, 1.165) is 0 Å². The second-order valence-corrected chi connectivity index (χ2v) is 5.79. The number of pyridine rings is 1. The maximum atomic E-state index is 12.4. The lowest BCUT2D eigenvalue weighted by Gasteiger charge is -2.29. The number of halogens is 5. The first kappa shape index (κ1) is 25.0. The number of carbonyl (C=O) groups is 1. The Bertz CT molecular complexity index is 528. The number of aromatic nitrogens is 1. The van der Waals surface area contributed by atoms with Gasteiger partial charge in [-0.1, -0.05) is 13.8 Å². The van der Waals surface area contributed by atoms with Crippen LogP contribution >= 0.6 is 24.8 Å². The van der Waals surface area contributed by atoms with Crippen LogP contribution in [0.2, 0.25) is 0 Å². The summed E-state index contributed by atoms with van der Waals surface area (Å²) < 4.78 is 41.3. The van der Waals surface area contributed by atoms with Crippen molar-refractivity contribution in [2.24, 2.45) is 11.1 Å². The first-order chi connectivity index (χ1) is 10.1. The molecule has 0 spiro atoms. The average molecular weight is 392 g/mol. The van der Waals surface area contributed by atoms with Gasteiger partial charge in [-0.3, -0.25) is 4.79 Å². The van der Waals surface area contributed by atoms with Crippen molar-refractivity contribution in [1.82, 2.24) is 9.88 Å². The zero-order valence-electron chi connectivity index (χ0n) is 13.6. The van der Waals surface area contributed by atoms with Crippen LogP contribution in [0.15, 0.2) is 18.3 Å². The van der Waals surface area contributed by atoms with Gasteiger partial charge >= 0.3 is 6.18 Å². The maximum Gasteiger partial charge on any atom is 0.422 e. The largest absolute Gasteiger partial charge is 0.467 e. The lowest BCUT2D eigenvalue weighted by atomic mass is 9.93. The first-order valence-corrected chi connectivity index (χ1v) is 6.66. The topological polar surface area (TPSA) is 68.5 Å². The van der Waals surface area contributed by atoms with E-state index in [1.807, 2.05) is 13.8 Å². The van der Waals surface area contributed by atoms with Crippen LogP contribution in [0.5, 0.6) is 5.88 Å². The Morgan fingerprint density at radius 2 is 1.92 bits per heavy atom. The molecule has 1 heterocycles. The molecule has 10 heteroatoms. The van der Waals surface area contributed by atoms with Crippen LogP contribution in [0.25, 0.3) is 0 Å². The Hall–Kier alpha value is -1.25. The van der Waals surface area contributed by atoms with Crippen molar-refractivity contribution < 1.29 is 22.7 Å². The van der Waals surface area contributed by atoms with E-state index < -0.39 is 18.7 Å². The van der Waals surface area contributed by atoms with Crippen LogP contribution in [0.1, 0.15) is 24.2 Å². The molecule has 0 aromatic carbocycles. The van der Waals surface area contributed by atoms with Gasteiger partial charge in [-0.2, -0.15) is 13.2 Å². The molecule has 1 aromatic heterocycles. The van der Waals surface area contributed by atoms with E-state index in [0.29, 0.717) is 13.1 Å². The minimum Gasteiger partial charge on any atom is -0.467 e. The third kappa shape index (κ3) is 8.03. The number of alkyl halides is 3. The molecule has 0 saturated heterocycles. The Balaban J connectivity index is 0. The van der Waals surface area contributed by atoms with E-state index in [4.69, 9.17) is 5.73 Å². The van der Waals surface area contributed by atoms with Crippen molar-refractivity contribution >= 4 is 30.7 Å². The predicted molar refractivity (Wildman–Crippen MR) is 90.1 cm³/mol. The smallest absolute Gasteiger partial charge is 0.422 e. The molecule has 0 aliphatic heterocycles. The molecule has 0 saturated carbocycles. The molecule has 1 rings (SSSR count). The van der Waals surface area contributed by atoms with Crippen molar-refractivity contribution in [3.8, 4) is 5.88 Å². The van der Waals surface area contributed by atoms with Crippen LogP contribution in [0.4, 0.5) is 13.2 Å². The molecule has 2 N–H and O–H groups in total. The van der Waals surface area contributed by atoms with Gasteiger partial charge in [0.15, 0.2) is 6.61 Å². The van der Waals surface area contributed by atoms with Crippen LogP contribution in [0.3, 0.4) is 0 Å². The highest BCUT2D eigenvalue weighted by Gasteiger charge is 2.30. The molecule has 0 unspecified atom stereocenters. The number of amides is 1. The number of carbonyl (C=O) groups excluding carboxylic acids is 1. The van der Waals surface area contributed by atoms with E-state index >= 15 is 0 Å². The second-order valence-electron chi connectivity index (χ2n) is 5.79.